The maximum absolute atomic E-state index is 11.9. The fraction of sp³-hybridized carbons (Fsp3) is 0.650. The molecule has 0 aliphatic carbocycles. The second-order valence-corrected chi connectivity index (χ2v) is 6.66. The number of pyridine rings is 1. The van der Waals surface area contributed by atoms with Gasteiger partial charge in [0.1, 0.15) is 5.56 Å². The van der Waals surface area contributed by atoms with Gasteiger partial charge in [-0.2, -0.15) is 4.57 Å². The van der Waals surface area contributed by atoms with Crippen LogP contribution in [0.1, 0.15) is 81.5 Å². The molecule has 0 bridgehead atoms. The van der Waals surface area contributed by atoms with Crippen molar-refractivity contribution in [2.45, 2.75) is 77.7 Å². The second kappa shape index (κ2) is 15.6. The number of nitrogens with one attached hydrogen (secondary N) is 1. The van der Waals surface area contributed by atoms with Crippen LogP contribution in [-0.2, 0) is 11.3 Å². The second-order valence-electron chi connectivity index (χ2n) is 6.66. The zero-order valence-electron chi connectivity index (χ0n) is 16.0. The van der Waals surface area contributed by atoms with Gasteiger partial charge in [-0.15, -0.1) is 0 Å². The van der Waals surface area contributed by atoms with Crippen molar-refractivity contribution in [3.05, 3.63) is 30.1 Å². The van der Waals surface area contributed by atoms with Crippen LogP contribution in [0, 0.1) is 0 Å². The van der Waals surface area contributed by atoms with Crippen molar-refractivity contribution in [3.63, 3.8) is 0 Å². The first-order chi connectivity index (χ1) is 12.1. The molecule has 0 unspecified atom stereocenters. The van der Waals surface area contributed by atoms with Crippen molar-refractivity contribution in [2.75, 3.05) is 6.54 Å². The first kappa shape index (κ1) is 24.4. The number of hydrogen-bond donors (Lipinski definition) is 2. The average molecular weight is 384 g/mol. The van der Waals surface area contributed by atoms with E-state index in [1.807, 2.05) is 0 Å². The molecule has 5 nitrogen and oxygen atoms in total. The molecule has 0 radical (unpaired) electrons. The summed E-state index contributed by atoms with van der Waals surface area (Å²) in [5.41, 5.74) is 5.65. The van der Waals surface area contributed by atoms with Gasteiger partial charge in [0.2, 0.25) is 6.54 Å². The number of aromatic nitrogens is 1. The molecule has 0 aliphatic heterocycles. The summed E-state index contributed by atoms with van der Waals surface area (Å²) in [5.74, 6) is -0.525. The van der Waals surface area contributed by atoms with Crippen molar-refractivity contribution in [1.29, 1.82) is 0 Å². The van der Waals surface area contributed by atoms with Crippen LogP contribution >= 0.6 is 0 Å². The number of primary amides is 1. The lowest BCUT2D eigenvalue weighted by Gasteiger charge is -2.04. The monoisotopic (exact) mass is 383 g/mol. The van der Waals surface area contributed by atoms with E-state index in [9.17, 15) is 9.59 Å². The largest absolute Gasteiger partial charge is 1.00 e. The Labute approximate surface area is 164 Å². The number of nitrogens with two attached hydrogens (primary N) is 1. The molecule has 0 aliphatic rings. The van der Waals surface area contributed by atoms with Gasteiger partial charge in [-0.1, -0.05) is 64.7 Å². The van der Waals surface area contributed by atoms with Gasteiger partial charge in [0.15, 0.2) is 12.4 Å². The summed E-state index contributed by atoms with van der Waals surface area (Å²) < 4.78 is 1.67. The summed E-state index contributed by atoms with van der Waals surface area (Å²) in [6.45, 7) is 3.17. The van der Waals surface area contributed by atoms with Crippen LogP contribution in [0.5, 0.6) is 0 Å². The maximum Gasteiger partial charge on any atom is 0.285 e. The first-order valence-corrected chi connectivity index (χ1v) is 9.69. The number of carbonyl (C=O) groups is 2. The predicted molar refractivity (Wildman–Crippen MR) is 100 cm³/mol. The van der Waals surface area contributed by atoms with Crippen molar-refractivity contribution in [1.82, 2.24) is 5.32 Å². The number of carbonyl (C=O) groups excluding carboxylic acids is 2. The molecule has 3 N–H and O–H groups in total. The predicted octanol–water partition coefficient (Wildman–Crippen LogP) is 0.114. The molecule has 0 atom stereocenters. The van der Waals surface area contributed by atoms with Gasteiger partial charge in [0.25, 0.3) is 11.8 Å². The summed E-state index contributed by atoms with van der Waals surface area (Å²) in [6, 6.07) is 3.36. The molecule has 0 saturated carbocycles. The van der Waals surface area contributed by atoms with Gasteiger partial charge in [-0.05, 0) is 12.5 Å². The first-order valence-electron chi connectivity index (χ1n) is 9.69. The number of rotatable bonds is 14. The molecular weight excluding hydrogens is 350 g/mol. The highest BCUT2D eigenvalue weighted by Gasteiger charge is 2.11. The van der Waals surface area contributed by atoms with Crippen LogP contribution in [0.4, 0.5) is 0 Å². The van der Waals surface area contributed by atoms with Crippen LogP contribution in [-0.4, -0.2) is 18.4 Å². The third kappa shape index (κ3) is 11.9. The highest BCUT2D eigenvalue weighted by Crippen LogP contribution is 2.10. The summed E-state index contributed by atoms with van der Waals surface area (Å²) in [4.78, 5) is 23.0. The van der Waals surface area contributed by atoms with E-state index in [1.54, 1.807) is 29.1 Å². The van der Waals surface area contributed by atoms with Gasteiger partial charge >= 0.3 is 0 Å². The minimum Gasteiger partial charge on any atom is -1.00 e. The highest BCUT2D eigenvalue weighted by atomic mass is 35.5. The molecule has 26 heavy (non-hydrogen) atoms. The van der Waals surface area contributed by atoms with Crippen LogP contribution in [0.2, 0.25) is 0 Å². The van der Waals surface area contributed by atoms with Gasteiger partial charge in [0.05, 0.1) is 0 Å². The molecule has 0 aromatic carbocycles. The lowest BCUT2D eigenvalue weighted by atomic mass is 10.1. The van der Waals surface area contributed by atoms with Crippen LogP contribution in [0.15, 0.2) is 24.5 Å². The Kier molecular flexibility index (Phi) is 14.6. The standard InChI is InChI=1S/C20H33N3O2.ClH/c1-2-3-4-5-6-7-8-9-10-11-14-22-19(24)17-23-15-12-13-18(16-23)20(21)25;/h12-13,15-16H,2-11,14,17H2,1H3,(H2-,21,22,24,25);1H. The third-order valence-electron chi connectivity index (χ3n) is 4.32. The fourth-order valence-corrected chi connectivity index (χ4v) is 2.83. The van der Waals surface area contributed by atoms with E-state index in [0.29, 0.717) is 12.1 Å². The molecular formula is C20H34ClN3O2. The molecule has 0 fully saturated rings. The molecule has 1 heterocycles. The zero-order chi connectivity index (χ0) is 18.3. The summed E-state index contributed by atoms with van der Waals surface area (Å²) in [6.07, 6.45) is 16.2. The van der Waals surface area contributed by atoms with Gasteiger partial charge in [-0.25, -0.2) is 0 Å². The Morgan fingerprint density at radius 1 is 1.00 bits per heavy atom. The van der Waals surface area contributed by atoms with E-state index in [1.165, 1.54) is 57.8 Å². The van der Waals surface area contributed by atoms with Crippen molar-refractivity contribution in [3.8, 4) is 0 Å². The molecule has 2 amide bonds. The third-order valence-corrected chi connectivity index (χ3v) is 4.32. The van der Waals surface area contributed by atoms with E-state index in [0.717, 1.165) is 6.42 Å². The topological polar surface area (TPSA) is 76.1 Å². The lowest BCUT2D eigenvalue weighted by Crippen LogP contribution is -3.00. The summed E-state index contributed by atoms with van der Waals surface area (Å²) in [5, 5.41) is 2.93. The average Bonchev–Trinajstić information content (AvgIpc) is 2.60. The Balaban J connectivity index is 0.00000625. The molecule has 1 aromatic rings. The molecule has 0 spiro atoms. The van der Waals surface area contributed by atoms with E-state index >= 15 is 0 Å². The smallest absolute Gasteiger partial charge is 0.285 e. The van der Waals surface area contributed by atoms with Crippen molar-refractivity contribution >= 4 is 11.8 Å². The summed E-state index contributed by atoms with van der Waals surface area (Å²) >= 11 is 0. The Bertz CT molecular complexity index is 524. The normalized spacial score (nSPS) is 10.2. The number of amides is 2. The Morgan fingerprint density at radius 3 is 2.15 bits per heavy atom. The van der Waals surface area contributed by atoms with Crippen LogP contribution in [0.25, 0.3) is 0 Å². The summed E-state index contributed by atoms with van der Waals surface area (Å²) in [7, 11) is 0. The maximum atomic E-state index is 11.9. The van der Waals surface area contributed by atoms with E-state index in [4.69, 9.17) is 5.73 Å². The van der Waals surface area contributed by atoms with Crippen LogP contribution in [0.3, 0.4) is 0 Å². The zero-order valence-corrected chi connectivity index (χ0v) is 16.8. The number of unbranched alkanes of at least 4 members (excludes halogenated alkanes) is 9. The van der Waals surface area contributed by atoms with Crippen LogP contribution < -0.4 is 28.0 Å². The highest BCUT2D eigenvalue weighted by molar-refractivity contribution is 5.92. The number of nitrogens with zero attached hydrogens (tertiary/aromatic N) is 1. The van der Waals surface area contributed by atoms with E-state index < -0.39 is 5.91 Å². The van der Waals surface area contributed by atoms with E-state index in [-0.39, 0.29) is 24.9 Å². The molecule has 1 aromatic heterocycles. The van der Waals surface area contributed by atoms with Crippen molar-refractivity contribution < 1.29 is 26.6 Å². The van der Waals surface area contributed by atoms with Gasteiger partial charge in [-0.3, -0.25) is 9.59 Å². The minimum atomic E-state index is -0.486. The Morgan fingerprint density at radius 2 is 1.58 bits per heavy atom. The molecule has 6 heteroatoms. The number of halogens is 1. The molecule has 1 rings (SSSR count). The molecule has 148 valence electrons. The number of hydrogen-bond acceptors (Lipinski definition) is 2. The van der Waals surface area contributed by atoms with E-state index in [2.05, 4.69) is 12.2 Å². The SMILES string of the molecule is CCCCCCCCCCCCNC(=O)C[n+]1cccc(C(N)=O)c1.[Cl-]. The lowest BCUT2D eigenvalue weighted by molar-refractivity contribution is -0.684. The Hall–Kier alpha value is -1.62. The molecule has 0 saturated heterocycles. The van der Waals surface area contributed by atoms with Crippen molar-refractivity contribution in [2.24, 2.45) is 5.73 Å². The minimum absolute atomic E-state index is 0. The van der Waals surface area contributed by atoms with Gasteiger partial charge < -0.3 is 23.5 Å². The quantitative estimate of drug-likeness (QED) is 0.353. The van der Waals surface area contributed by atoms with Gasteiger partial charge in [0, 0.05) is 12.6 Å². The fourth-order valence-electron chi connectivity index (χ4n) is 2.83.